The molecule has 0 saturated carbocycles. The van der Waals surface area contributed by atoms with Crippen LogP contribution in [-0.2, 0) is 4.79 Å². The number of benzene rings is 1. The minimum absolute atomic E-state index is 0.0200. The number of fused-ring (bicyclic) bond motifs is 1. The highest BCUT2D eigenvalue weighted by Gasteiger charge is 2.17. The fourth-order valence-corrected chi connectivity index (χ4v) is 1.94. The summed E-state index contributed by atoms with van der Waals surface area (Å²) in [5.41, 5.74) is 0.691. The minimum atomic E-state index is -1.02. The SMILES string of the molecule is Cc1cc([N+](=O)[O-])c2ccnc(NC(C)C(=O)O)c2c1. The molecule has 7 nitrogen and oxygen atoms in total. The van der Waals surface area contributed by atoms with Crippen molar-refractivity contribution < 1.29 is 14.8 Å². The Morgan fingerprint density at radius 1 is 1.45 bits per heavy atom. The van der Waals surface area contributed by atoms with E-state index in [1.807, 2.05) is 0 Å². The second-order valence-corrected chi connectivity index (χ2v) is 4.50. The number of anilines is 1. The monoisotopic (exact) mass is 275 g/mol. The van der Waals surface area contributed by atoms with Gasteiger partial charge in [-0.25, -0.2) is 4.98 Å². The lowest BCUT2D eigenvalue weighted by Crippen LogP contribution is -2.25. The van der Waals surface area contributed by atoms with E-state index in [4.69, 9.17) is 5.11 Å². The van der Waals surface area contributed by atoms with Crippen LogP contribution in [0, 0.1) is 17.0 Å². The van der Waals surface area contributed by atoms with Crippen LogP contribution in [0.5, 0.6) is 0 Å². The number of nitro groups is 1. The summed E-state index contributed by atoms with van der Waals surface area (Å²) >= 11 is 0. The normalized spacial score (nSPS) is 12.1. The first-order valence-corrected chi connectivity index (χ1v) is 5.93. The Bertz CT molecular complexity index is 699. The van der Waals surface area contributed by atoms with Gasteiger partial charge >= 0.3 is 5.97 Å². The highest BCUT2D eigenvalue weighted by atomic mass is 16.6. The number of non-ortho nitro benzene ring substituents is 1. The van der Waals surface area contributed by atoms with E-state index in [0.29, 0.717) is 22.2 Å². The van der Waals surface area contributed by atoms with E-state index in [2.05, 4.69) is 10.3 Å². The summed E-state index contributed by atoms with van der Waals surface area (Å²) in [6, 6.07) is 3.93. The number of carbonyl (C=O) groups is 1. The molecular formula is C13H13N3O4. The van der Waals surface area contributed by atoms with Crippen molar-refractivity contribution in [1.82, 2.24) is 4.98 Å². The quantitative estimate of drug-likeness (QED) is 0.655. The van der Waals surface area contributed by atoms with Gasteiger partial charge in [0, 0.05) is 17.6 Å². The molecule has 2 rings (SSSR count). The Labute approximate surface area is 114 Å². The molecule has 20 heavy (non-hydrogen) atoms. The molecule has 0 aliphatic carbocycles. The van der Waals surface area contributed by atoms with Crippen LogP contribution in [0.1, 0.15) is 12.5 Å². The third-order valence-electron chi connectivity index (χ3n) is 2.92. The Kier molecular flexibility index (Phi) is 3.51. The molecule has 2 N–H and O–H groups in total. The third-order valence-corrected chi connectivity index (χ3v) is 2.92. The molecule has 1 aromatic heterocycles. The molecule has 0 amide bonds. The summed E-state index contributed by atoms with van der Waals surface area (Å²) in [7, 11) is 0. The summed E-state index contributed by atoms with van der Waals surface area (Å²) in [6.07, 6.45) is 1.42. The van der Waals surface area contributed by atoms with Crippen molar-refractivity contribution in [3.63, 3.8) is 0 Å². The fraction of sp³-hybridized carbons (Fsp3) is 0.231. The van der Waals surface area contributed by atoms with Gasteiger partial charge in [0.15, 0.2) is 0 Å². The summed E-state index contributed by atoms with van der Waals surface area (Å²) in [4.78, 5) is 25.6. The molecule has 104 valence electrons. The zero-order chi connectivity index (χ0) is 14.9. The first-order chi connectivity index (χ1) is 9.40. The van der Waals surface area contributed by atoms with Crippen molar-refractivity contribution in [2.75, 3.05) is 5.32 Å². The number of hydrogen-bond donors (Lipinski definition) is 2. The lowest BCUT2D eigenvalue weighted by molar-refractivity contribution is -0.383. The average molecular weight is 275 g/mol. The standard InChI is InChI=1S/C13H13N3O4/c1-7-5-10-9(11(6-7)16(19)20)3-4-14-12(10)15-8(2)13(17)18/h3-6,8H,1-2H3,(H,14,15)(H,17,18). The Morgan fingerprint density at radius 2 is 2.15 bits per heavy atom. The first-order valence-electron chi connectivity index (χ1n) is 5.93. The number of nitrogens with one attached hydrogen (secondary N) is 1. The van der Waals surface area contributed by atoms with Crippen molar-refractivity contribution in [1.29, 1.82) is 0 Å². The average Bonchev–Trinajstić information content (AvgIpc) is 2.38. The second-order valence-electron chi connectivity index (χ2n) is 4.50. The maximum absolute atomic E-state index is 11.1. The van der Waals surface area contributed by atoms with E-state index in [1.165, 1.54) is 19.2 Å². The zero-order valence-corrected chi connectivity index (χ0v) is 11.0. The lowest BCUT2D eigenvalue weighted by atomic mass is 10.1. The maximum atomic E-state index is 11.1. The van der Waals surface area contributed by atoms with Crippen LogP contribution in [0.4, 0.5) is 11.5 Å². The number of aromatic nitrogens is 1. The second kappa shape index (κ2) is 5.12. The van der Waals surface area contributed by atoms with Crippen molar-refractivity contribution in [2.24, 2.45) is 0 Å². The number of carboxylic acid groups (broad SMARTS) is 1. The molecule has 1 unspecified atom stereocenters. The number of carboxylic acids is 1. The number of rotatable bonds is 4. The van der Waals surface area contributed by atoms with Crippen molar-refractivity contribution in [2.45, 2.75) is 19.9 Å². The van der Waals surface area contributed by atoms with Gasteiger partial charge in [-0.05, 0) is 31.5 Å². The van der Waals surface area contributed by atoms with E-state index < -0.39 is 16.9 Å². The van der Waals surface area contributed by atoms with Crippen LogP contribution < -0.4 is 5.32 Å². The smallest absolute Gasteiger partial charge is 0.325 e. The van der Waals surface area contributed by atoms with Gasteiger partial charge in [0.25, 0.3) is 5.69 Å². The summed E-state index contributed by atoms with van der Waals surface area (Å²) < 4.78 is 0. The van der Waals surface area contributed by atoms with Crippen LogP contribution >= 0.6 is 0 Å². The zero-order valence-electron chi connectivity index (χ0n) is 11.0. The van der Waals surface area contributed by atoms with Gasteiger partial charge in [-0.15, -0.1) is 0 Å². The van der Waals surface area contributed by atoms with Crippen LogP contribution in [0.2, 0.25) is 0 Å². The van der Waals surface area contributed by atoms with Gasteiger partial charge < -0.3 is 10.4 Å². The van der Waals surface area contributed by atoms with E-state index in [0.717, 1.165) is 0 Å². The molecule has 0 saturated heterocycles. The van der Waals surface area contributed by atoms with Crippen molar-refractivity contribution in [3.8, 4) is 0 Å². The first kappa shape index (κ1) is 13.7. The predicted octanol–water partition coefficient (Wildman–Crippen LogP) is 2.34. The molecule has 0 radical (unpaired) electrons. The molecule has 2 aromatic rings. The highest BCUT2D eigenvalue weighted by Crippen LogP contribution is 2.31. The summed E-state index contributed by atoms with van der Waals surface area (Å²) in [5.74, 6) is -0.699. The molecule has 0 aliphatic rings. The minimum Gasteiger partial charge on any atom is -0.480 e. The number of hydrogen-bond acceptors (Lipinski definition) is 5. The van der Waals surface area contributed by atoms with Crippen molar-refractivity contribution >= 4 is 28.2 Å². The molecule has 1 aromatic carbocycles. The lowest BCUT2D eigenvalue weighted by Gasteiger charge is -2.12. The van der Waals surface area contributed by atoms with Crippen molar-refractivity contribution in [3.05, 3.63) is 40.1 Å². The van der Waals surface area contributed by atoms with Gasteiger partial charge in [-0.2, -0.15) is 0 Å². The Morgan fingerprint density at radius 3 is 2.75 bits per heavy atom. The van der Waals surface area contributed by atoms with Gasteiger partial charge in [-0.1, -0.05) is 0 Å². The van der Waals surface area contributed by atoms with E-state index in [9.17, 15) is 14.9 Å². The number of pyridine rings is 1. The Hall–Kier alpha value is -2.70. The molecule has 1 atom stereocenters. The molecule has 0 bridgehead atoms. The number of aryl methyl sites for hydroxylation is 1. The third kappa shape index (κ3) is 2.51. The highest BCUT2D eigenvalue weighted by molar-refractivity contribution is 5.99. The molecule has 1 heterocycles. The summed E-state index contributed by atoms with van der Waals surface area (Å²) in [6.45, 7) is 3.22. The number of aliphatic carboxylic acids is 1. The largest absolute Gasteiger partial charge is 0.480 e. The van der Waals surface area contributed by atoms with E-state index in [1.54, 1.807) is 19.1 Å². The van der Waals surface area contributed by atoms with Crippen LogP contribution in [0.3, 0.4) is 0 Å². The Balaban J connectivity index is 2.63. The van der Waals surface area contributed by atoms with Gasteiger partial charge in [0.2, 0.25) is 0 Å². The molecule has 7 heteroatoms. The molecule has 0 fully saturated rings. The molecule has 0 spiro atoms. The maximum Gasteiger partial charge on any atom is 0.325 e. The predicted molar refractivity (Wildman–Crippen MR) is 73.9 cm³/mol. The van der Waals surface area contributed by atoms with Crippen LogP contribution in [-0.4, -0.2) is 27.0 Å². The van der Waals surface area contributed by atoms with E-state index >= 15 is 0 Å². The van der Waals surface area contributed by atoms with Gasteiger partial charge in [0.1, 0.15) is 11.9 Å². The van der Waals surface area contributed by atoms with E-state index in [-0.39, 0.29) is 5.69 Å². The van der Waals surface area contributed by atoms with Crippen LogP contribution in [0.25, 0.3) is 10.8 Å². The summed E-state index contributed by atoms with van der Waals surface area (Å²) in [5, 5.41) is 23.7. The number of nitrogens with zero attached hydrogens (tertiary/aromatic N) is 2. The molecular weight excluding hydrogens is 262 g/mol. The fourth-order valence-electron chi connectivity index (χ4n) is 1.94. The number of nitro benzene ring substituents is 1. The molecule has 0 aliphatic heterocycles. The van der Waals surface area contributed by atoms with Gasteiger partial charge in [0.05, 0.1) is 10.3 Å². The van der Waals surface area contributed by atoms with Crippen LogP contribution in [0.15, 0.2) is 24.4 Å². The topological polar surface area (TPSA) is 105 Å². The van der Waals surface area contributed by atoms with Gasteiger partial charge in [-0.3, -0.25) is 14.9 Å².